The Morgan fingerprint density at radius 3 is 2.76 bits per heavy atom. The van der Waals surface area contributed by atoms with Gasteiger partial charge in [0.2, 0.25) is 0 Å². The fourth-order valence-corrected chi connectivity index (χ4v) is 5.32. The van der Waals surface area contributed by atoms with E-state index in [2.05, 4.69) is 34.3 Å². The van der Waals surface area contributed by atoms with Crippen LogP contribution in [0.25, 0.3) is 0 Å². The third-order valence-electron chi connectivity index (χ3n) is 4.72. The van der Waals surface area contributed by atoms with Gasteiger partial charge in [-0.25, -0.2) is 0 Å². The second-order valence-corrected chi connectivity index (χ2v) is 8.48. The van der Waals surface area contributed by atoms with Crippen LogP contribution in [0.5, 0.6) is 0 Å². The van der Waals surface area contributed by atoms with E-state index < -0.39 is 0 Å². The molecule has 3 nitrogen and oxygen atoms in total. The number of thiophene rings is 2. The molecule has 128 valence electrons. The molecule has 2 N–H and O–H groups in total. The summed E-state index contributed by atoms with van der Waals surface area (Å²) in [5, 5.41) is 7.35. The van der Waals surface area contributed by atoms with Crippen LogP contribution in [0.1, 0.15) is 26.9 Å². The predicted molar refractivity (Wildman–Crippen MR) is 105 cm³/mol. The van der Waals surface area contributed by atoms with Gasteiger partial charge in [-0.3, -0.25) is 4.79 Å². The van der Waals surface area contributed by atoms with Gasteiger partial charge in [0, 0.05) is 22.5 Å². The highest BCUT2D eigenvalue weighted by molar-refractivity contribution is 7.10. The maximum absolute atomic E-state index is 12.6. The Balaban J connectivity index is 1.52. The van der Waals surface area contributed by atoms with Crippen LogP contribution in [0.3, 0.4) is 0 Å². The van der Waals surface area contributed by atoms with Gasteiger partial charge in [0.05, 0.1) is 11.4 Å². The first-order valence-electron chi connectivity index (χ1n) is 8.51. The molecule has 2 aromatic heterocycles. The number of hydrogen-bond donors (Lipinski definition) is 2. The molecule has 0 aliphatic carbocycles. The third-order valence-corrected chi connectivity index (χ3v) is 6.66. The lowest BCUT2D eigenvalue weighted by atomic mass is 9.98. The van der Waals surface area contributed by atoms with E-state index in [0.29, 0.717) is 6.54 Å². The van der Waals surface area contributed by atoms with E-state index >= 15 is 0 Å². The molecule has 5 heteroatoms. The maximum atomic E-state index is 12.6. The Kier molecular flexibility index (Phi) is 4.70. The van der Waals surface area contributed by atoms with Crippen molar-refractivity contribution in [2.45, 2.75) is 19.4 Å². The summed E-state index contributed by atoms with van der Waals surface area (Å²) in [6, 6.07) is 14.8. The van der Waals surface area contributed by atoms with Gasteiger partial charge in [0.25, 0.3) is 5.91 Å². The van der Waals surface area contributed by atoms with Crippen molar-refractivity contribution in [3.05, 3.63) is 74.1 Å². The maximum Gasteiger partial charge on any atom is 0.279 e. The average Bonchev–Trinajstić information content (AvgIpc) is 3.28. The van der Waals surface area contributed by atoms with Crippen molar-refractivity contribution in [1.82, 2.24) is 0 Å². The molecular formula is C20H21N2OS2+. The first-order chi connectivity index (χ1) is 12.2. The Morgan fingerprint density at radius 1 is 1.16 bits per heavy atom. The number of rotatable bonds is 4. The molecule has 2 atom stereocenters. The van der Waals surface area contributed by atoms with Crippen LogP contribution in [0.15, 0.2) is 53.2 Å². The predicted octanol–water partition coefficient (Wildman–Crippen LogP) is 3.29. The number of anilines is 1. The summed E-state index contributed by atoms with van der Waals surface area (Å²) >= 11 is 3.63. The van der Waals surface area contributed by atoms with Crippen molar-refractivity contribution >= 4 is 34.3 Å². The van der Waals surface area contributed by atoms with Gasteiger partial charge in [-0.05, 0) is 41.9 Å². The number of nitrogens with one attached hydrogen (secondary N) is 2. The fourth-order valence-electron chi connectivity index (χ4n) is 3.50. The summed E-state index contributed by atoms with van der Waals surface area (Å²) < 4.78 is 0. The summed E-state index contributed by atoms with van der Waals surface area (Å²) in [7, 11) is 0. The van der Waals surface area contributed by atoms with Crippen molar-refractivity contribution in [3.8, 4) is 0 Å². The van der Waals surface area contributed by atoms with Gasteiger partial charge < -0.3 is 10.2 Å². The number of hydrogen-bond acceptors (Lipinski definition) is 3. The molecule has 0 saturated carbocycles. The van der Waals surface area contributed by atoms with Crippen molar-refractivity contribution in [1.29, 1.82) is 0 Å². The number of aryl methyl sites for hydroxylation is 1. The van der Waals surface area contributed by atoms with E-state index in [0.717, 1.165) is 18.7 Å². The number of carbonyl (C=O) groups is 1. The van der Waals surface area contributed by atoms with Crippen molar-refractivity contribution in [3.63, 3.8) is 0 Å². The molecule has 25 heavy (non-hydrogen) atoms. The molecule has 4 rings (SSSR count). The van der Waals surface area contributed by atoms with Gasteiger partial charge in [-0.15, -0.1) is 22.7 Å². The second kappa shape index (κ2) is 7.12. The van der Waals surface area contributed by atoms with Crippen LogP contribution < -0.4 is 10.2 Å². The second-order valence-electron chi connectivity index (χ2n) is 6.50. The Hall–Kier alpha value is -1.95. The van der Waals surface area contributed by atoms with Crippen LogP contribution in [-0.2, 0) is 11.2 Å². The van der Waals surface area contributed by atoms with Gasteiger partial charge >= 0.3 is 0 Å². The van der Waals surface area contributed by atoms with E-state index in [1.807, 2.05) is 42.5 Å². The van der Waals surface area contributed by atoms with Crippen molar-refractivity contribution in [2.24, 2.45) is 0 Å². The fraction of sp³-hybridized carbons (Fsp3) is 0.250. The highest BCUT2D eigenvalue weighted by Gasteiger charge is 2.35. The molecule has 0 saturated heterocycles. The van der Waals surface area contributed by atoms with Gasteiger partial charge in [-0.1, -0.05) is 23.8 Å². The van der Waals surface area contributed by atoms with Gasteiger partial charge in [0.1, 0.15) is 6.04 Å². The molecule has 1 unspecified atom stereocenters. The molecule has 1 amide bonds. The monoisotopic (exact) mass is 369 g/mol. The number of amides is 1. The average molecular weight is 370 g/mol. The van der Waals surface area contributed by atoms with Gasteiger partial charge in [-0.2, -0.15) is 0 Å². The number of carbonyl (C=O) groups excluding carboxylic acids is 1. The molecule has 0 spiro atoms. The van der Waals surface area contributed by atoms with E-state index in [1.54, 1.807) is 11.3 Å². The van der Waals surface area contributed by atoms with E-state index in [-0.39, 0.29) is 11.9 Å². The summed E-state index contributed by atoms with van der Waals surface area (Å²) in [4.78, 5) is 16.8. The van der Waals surface area contributed by atoms with Gasteiger partial charge in [0.15, 0.2) is 6.54 Å². The van der Waals surface area contributed by atoms with Crippen LogP contribution in [0, 0.1) is 6.92 Å². The minimum Gasteiger partial charge on any atom is -0.321 e. The Bertz CT molecular complexity index is 852. The molecule has 0 radical (unpaired) electrons. The minimum absolute atomic E-state index is 0.0825. The largest absolute Gasteiger partial charge is 0.321 e. The summed E-state index contributed by atoms with van der Waals surface area (Å²) in [5.74, 6) is 0.0825. The number of quaternary nitrogens is 1. The summed E-state index contributed by atoms with van der Waals surface area (Å²) in [6.45, 7) is 3.54. The van der Waals surface area contributed by atoms with Crippen molar-refractivity contribution < 1.29 is 9.69 Å². The zero-order chi connectivity index (χ0) is 17.2. The van der Waals surface area contributed by atoms with E-state index in [1.165, 1.54) is 25.8 Å². The smallest absolute Gasteiger partial charge is 0.279 e. The highest BCUT2D eigenvalue weighted by atomic mass is 32.1. The van der Waals surface area contributed by atoms with Crippen LogP contribution in [0.2, 0.25) is 0 Å². The first-order valence-corrected chi connectivity index (χ1v) is 10.3. The van der Waals surface area contributed by atoms with E-state index in [4.69, 9.17) is 0 Å². The zero-order valence-corrected chi connectivity index (χ0v) is 15.8. The van der Waals surface area contributed by atoms with E-state index in [9.17, 15) is 4.79 Å². The molecule has 0 bridgehead atoms. The van der Waals surface area contributed by atoms with Crippen molar-refractivity contribution in [2.75, 3.05) is 18.4 Å². The first kappa shape index (κ1) is 16.5. The summed E-state index contributed by atoms with van der Waals surface area (Å²) in [5.41, 5.74) is 3.47. The molecule has 1 aromatic carbocycles. The molecule has 0 fully saturated rings. The summed E-state index contributed by atoms with van der Waals surface area (Å²) in [6.07, 6.45) is 1.06. The standard InChI is InChI=1S/C20H20N2OS2/c1-14-4-6-15(7-5-14)21-19(23)13-22-10-8-17-16(9-12-25-17)20(22)18-3-2-11-24-18/h2-7,9,11-12,20H,8,10,13H2,1H3,(H,21,23)/p+1/t20-/m0/s1. The van der Waals surface area contributed by atoms with Crippen LogP contribution in [0.4, 0.5) is 5.69 Å². The lowest BCUT2D eigenvalue weighted by Gasteiger charge is -2.31. The van der Waals surface area contributed by atoms with Crippen LogP contribution >= 0.6 is 22.7 Å². The lowest BCUT2D eigenvalue weighted by Crippen LogP contribution is -3.14. The topological polar surface area (TPSA) is 33.5 Å². The SMILES string of the molecule is Cc1ccc(NC(=O)C[NH+]2CCc3sccc3[C@H]2c2cccs2)cc1. The molecule has 3 aromatic rings. The van der Waals surface area contributed by atoms with Crippen LogP contribution in [-0.4, -0.2) is 19.0 Å². The molecule has 1 aliphatic rings. The lowest BCUT2D eigenvalue weighted by molar-refractivity contribution is -0.919. The highest BCUT2D eigenvalue weighted by Crippen LogP contribution is 2.31. The number of fused-ring (bicyclic) bond motifs is 1. The normalized spacial score (nSPS) is 19.4. The molecule has 3 heterocycles. The minimum atomic E-state index is 0.0825. The molecule has 1 aliphatic heterocycles. The number of benzene rings is 1. The third kappa shape index (κ3) is 3.54. The zero-order valence-electron chi connectivity index (χ0n) is 14.1. The quantitative estimate of drug-likeness (QED) is 0.727. The Morgan fingerprint density at radius 2 is 2.00 bits per heavy atom. The Labute approximate surface area is 155 Å². The molecular weight excluding hydrogens is 348 g/mol.